The van der Waals surface area contributed by atoms with E-state index in [1.54, 1.807) is 6.26 Å². The number of aliphatic hydroxyl groups is 1. The zero-order valence-electron chi connectivity index (χ0n) is 14.3. The molecule has 1 aliphatic carbocycles. The third-order valence-corrected chi connectivity index (χ3v) is 6.56. The summed E-state index contributed by atoms with van der Waals surface area (Å²) in [6.45, 7) is 4.64. The number of hydrogen-bond acceptors (Lipinski definition) is 4. The van der Waals surface area contributed by atoms with E-state index in [-0.39, 0.29) is 17.9 Å². The van der Waals surface area contributed by atoms with Gasteiger partial charge in [0, 0.05) is 24.4 Å². The molecule has 1 aromatic rings. The molecular weight excluding hydrogens is 304 g/mol. The van der Waals surface area contributed by atoms with E-state index in [1.807, 2.05) is 12.1 Å². The lowest BCUT2D eigenvalue weighted by Gasteiger charge is -2.33. The van der Waals surface area contributed by atoms with Gasteiger partial charge in [0.05, 0.1) is 19.4 Å². The minimum absolute atomic E-state index is 0.00957. The van der Waals surface area contributed by atoms with E-state index in [1.165, 1.54) is 12.8 Å². The number of furan rings is 1. The van der Waals surface area contributed by atoms with Crippen molar-refractivity contribution in [3.8, 4) is 0 Å². The van der Waals surface area contributed by atoms with Crippen LogP contribution in [0.1, 0.15) is 37.9 Å². The lowest BCUT2D eigenvalue weighted by Crippen LogP contribution is -2.42. The smallest absolute Gasteiger partial charge is 0.225 e. The van der Waals surface area contributed by atoms with Crippen LogP contribution in [0.3, 0.4) is 0 Å². The highest BCUT2D eigenvalue weighted by Crippen LogP contribution is 2.48. The lowest BCUT2D eigenvalue weighted by atomic mass is 9.82. The molecule has 1 N–H and O–H groups in total. The van der Waals surface area contributed by atoms with Crippen molar-refractivity contribution in [1.82, 2.24) is 9.80 Å². The van der Waals surface area contributed by atoms with Crippen LogP contribution in [0.25, 0.3) is 0 Å². The van der Waals surface area contributed by atoms with Gasteiger partial charge in [0.2, 0.25) is 5.91 Å². The Labute approximate surface area is 143 Å². The first-order valence-corrected chi connectivity index (χ1v) is 9.34. The predicted molar refractivity (Wildman–Crippen MR) is 90.1 cm³/mol. The standard InChI is InChI=1S/C19H28N2O3/c22-14-19-7-1-3-16(19)11-21(13-19)18(23)15-5-8-20(9-6-15)12-17-4-2-10-24-17/h2,4,10,15-16,22H,1,3,5-9,11-14H2/t16-,19+/m1/s1. The predicted octanol–water partition coefficient (Wildman–Crippen LogP) is 2.11. The maximum absolute atomic E-state index is 12.9. The zero-order chi connectivity index (χ0) is 16.6. The first kappa shape index (κ1) is 16.2. The molecule has 0 unspecified atom stereocenters. The van der Waals surface area contributed by atoms with Crippen LogP contribution in [-0.2, 0) is 11.3 Å². The molecule has 0 spiro atoms. The van der Waals surface area contributed by atoms with E-state index in [0.717, 1.165) is 57.7 Å². The molecule has 2 aliphatic heterocycles. The fraction of sp³-hybridized carbons (Fsp3) is 0.737. The molecule has 1 aromatic heterocycles. The van der Waals surface area contributed by atoms with Crippen LogP contribution in [-0.4, -0.2) is 53.6 Å². The van der Waals surface area contributed by atoms with Crippen LogP contribution in [0, 0.1) is 17.3 Å². The van der Waals surface area contributed by atoms with E-state index in [4.69, 9.17) is 4.42 Å². The molecule has 1 amide bonds. The van der Waals surface area contributed by atoms with Gasteiger partial charge in [0.25, 0.3) is 0 Å². The Balaban J connectivity index is 1.31. The monoisotopic (exact) mass is 332 g/mol. The molecular formula is C19H28N2O3. The van der Waals surface area contributed by atoms with Crippen LogP contribution in [0.2, 0.25) is 0 Å². The van der Waals surface area contributed by atoms with Crippen molar-refractivity contribution < 1.29 is 14.3 Å². The van der Waals surface area contributed by atoms with Crippen molar-refractivity contribution in [3.05, 3.63) is 24.2 Å². The summed E-state index contributed by atoms with van der Waals surface area (Å²) in [6, 6.07) is 3.93. The summed E-state index contributed by atoms with van der Waals surface area (Å²) in [5, 5.41) is 9.84. The van der Waals surface area contributed by atoms with Gasteiger partial charge in [-0.25, -0.2) is 0 Å². The minimum atomic E-state index is 0.00957. The average molecular weight is 332 g/mol. The van der Waals surface area contributed by atoms with Crippen molar-refractivity contribution in [2.45, 2.75) is 38.6 Å². The Morgan fingerprint density at radius 2 is 2.17 bits per heavy atom. The van der Waals surface area contributed by atoms with Crippen molar-refractivity contribution in [2.24, 2.45) is 17.3 Å². The van der Waals surface area contributed by atoms with Crippen molar-refractivity contribution in [1.29, 1.82) is 0 Å². The summed E-state index contributed by atoms with van der Waals surface area (Å²) < 4.78 is 5.42. The molecule has 0 aromatic carbocycles. The zero-order valence-corrected chi connectivity index (χ0v) is 14.3. The van der Waals surface area contributed by atoms with Gasteiger partial charge in [-0.3, -0.25) is 9.69 Å². The first-order valence-electron chi connectivity index (χ1n) is 9.34. The Morgan fingerprint density at radius 1 is 1.33 bits per heavy atom. The summed E-state index contributed by atoms with van der Waals surface area (Å²) in [4.78, 5) is 17.4. The number of carbonyl (C=O) groups is 1. The SMILES string of the molecule is O=C(C1CCN(Cc2ccco2)CC1)N1C[C@H]2CCC[C@@]2(CO)C1. The maximum Gasteiger partial charge on any atom is 0.225 e. The topological polar surface area (TPSA) is 56.9 Å². The summed E-state index contributed by atoms with van der Waals surface area (Å²) in [5.74, 6) is 2.00. The normalized spacial score (nSPS) is 31.5. The van der Waals surface area contributed by atoms with Crippen LogP contribution in [0.5, 0.6) is 0 Å². The number of rotatable bonds is 4. The van der Waals surface area contributed by atoms with E-state index in [2.05, 4.69) is 9.80 Å². The second-order valence-electron chi connectivity index (χ2n) is 7.96. The second-order valence-corrected chi connectivity index (χ2v) is 7.96. The Kier molecular flexibility index (Phi) is 4.39. The van der Waals surface area contributed by atoms with Gasteiger partial charge in [-0.05, 0) is 56.8 Å². The molecule has 5 nitrogen and oxygen atoms in total. The molecule has 0 bridgehead atoms. The van der Waals surface area contributed by atoms with Gasteiger partial charge in [-0.15, -0.1) is 0 Å². The number of piperidine rings is 1. The van der Waals surface area contributed by atoms with E-state index >= 15 is 0 Å². The maximum atomic E-state index is 12.9. The molecule has 5 heteroatoms. The Bertz CT molecular complexity index is 565. The largest absolute Gasteiger partial charge is 0.468 e. The van der Waals surface area contributed by atoms with Crippen LogP contribution in [0.4, 0.5) is 0 Å². The third kappa shape index (κ3) is 2.88. The Morgan fingerprint density at radius 3 is 2.83 bits per heavy atom. The number of carbonyl (C=O) groups excluding carboxylic acids is 1. The average Bonchev–Trinajstić information content (AvgIpc) is 3.30. The summed E-state index contributed by atoms with van der Waals surface area (Å²) >= 11 is 0. The first-order chi connectivity index (χ1) is 11.7. The molecule has 3 fully saturated rings. The fourth-order valence-electron chi connectivity index (χ4n) is 5.06. The molecule has 3 heterocycles. The quantitative estimate of drug-likeness (QED) is 0.917. The van der Waals surface area contributed by atoms with Crippen LogP contribution >= 0.6 is 0 Å². The van der Waals surface area contributed by atoms with Crippen LogP contribution in [0.15, 0.2) is 22.8 Å². The van der Waals surface area contributed by atoms with E-state index in [0.29, 0.717) is 11.8 Å². The molecule has 3 aliphatic rings. The van der Waals surface area contributed by atoms with Crippen molar-refractivity contribution in [3.63, 3.8) is 0 Å². The van der Waals surface area contributed by atoms with Gasteiger partial charge in [-0.1, -0.05) is 6.42 Å². The highest BCUT2D eigenvalue weighted by atomic mass is 16.3. The summed E-state index contributed by atoms with van der Waals surface area (Å²) in [6.07, 6.45) is 7.05. The number of aliphatic hydroxyl groups excluding tert-OH is 1. The van der Waals surface area contributed by atoms with Gasteiger partial charge in [0.15, 0.2) is 0 Å². The molecule has 2 saturated heterocycles. The molecule has 132 valence electrons. The number of nitrogens with zero attached hydrogens (tertiary/aromatic N) is 2. The van der Waals surface area contributed by atoms with Gasteiger partial charge in [-0.2, -0.15) is 0 Å². The molecule has 0 radical (unpaired) electrons. The third-order valence-electron chi connectivity index (χ3n) is 6.56. The fourth-order valence-corrected chi connectivity index (χ4v) is 5.06. The Hall–Kier alpha value is -1.33. The highest BCUT2D eigenvalue weighted by molar-refractivity contribution is 5.79. The van der Waals surface area contributed by atoms with Gasteiger partial charge in [0.1, 0.15) is 5.76 Å². The van der Waals surface area contributed by atoms with E-state index in [9.17, 15) is 9.90 Å². The van der Waals surface area contributed by atoms with E-state index < -0.39 is 0 Å². The van der Waals surface area contributed by atoms with Crippen molar-refractivity contribution >= 4 is 5.91 Å². The molecule has 2 atom stereocenters. The number of hydrogen-bond donors (Lipinski definition) is 1. The second kappa shape index (κ2) is 6.52. The highest BCUT2D eigenvalue weighted by Gasteiger charge is 2.50. The molecule has 1 saturated carbocycles. The molecule has 24 heavy (non-hydrogen) atoms. The van der Waals surface area contributed by atoms with Gasteiger partial charge < -0.3 is 14.4 Å². The number of fused-ring (bicyclic) bond motifs is 1. The minimum Gasteiger partial charge on any atom is -0.468 e. The van der Waals surface area contributed by atoms with Gasteiger partial charge >= 0.3 is 0 Å². The number of amides is 1. The molecule has 4 rings (SSSR count). The lowest BCUT2D eigenvalue weighted by molar-refractivity contribution is -0.136. The summed E-state index contributed by atoms with van der Waals surface area (Å²) in [5.41, 5.74) is 0.00957. The van der Waals surface area contributed by atoms with Crippen LogP contribution < -0.4 is 0 Å². The summed E-state index contributed by atoms with van der Waals surface area (Å²) in [7, 11) is 0. The number of likely N-dealkylation sites (tertiary alicyclic amines) is 2. The van der Waals surface area contributed by atoms with Crippen molar-refractivity contribution in [2.75, 3.05) is 32.8 Å².